The minimum atomic E-state index is -6.05. The van der Waals surface area contributed by atoms with Crippen LogP contribution in [-0.4, -0.2) is 17.9 Å². The number of Topliss-reactive ketones (excluding diaryl/α,β-unsaturated/α-hetero) is 1. The summed E-state index contributed by atoms with van der Waals surface area (Å²) in [4.78, 5) is 11.0. The van der Waals surface area contributed by atoms with Crippen LogP contribution in [0.5, 0.6) is 0 Å². The molecule has 18 heavy (non-hydrogen) atoms. The number of halogens is 6. The van der Waals surface area contributed by atoms with Crippen molar-refractivity contribution in [3.05, 3.63) is 35.1 Å². The number of hydrogen-bond acceptors (Lipinski definition) is 2. The smallest absolute Gasteiger partial charge is 0.287 e. The Morgan fingerprint density at radius 3 is 2.17 bits per heavy atom. The van der Waals surface area contributed by atoms with Crippen LogP contribution in [0.15, 0.2) is 18.2 Å². The highest BCUT2D eigenvalue weighted by Crippen LogP contribution is 2.38. The summed E-state index contributed by atoms with van der Waals surface area (Å²) < 4.78 is 74.0. The van der Waals surface area contributed by atoms with Crippen molar-refractivity contribution in [3.63, 3.8) is 0 Å². The van der Waals surface area contributed by atoms with Gasteiger partial charge in [-0.2, -0.15) is 27.2 Å². The van der Waals surface area contributed by atoms with Crippen molar-refractivity contribution in [1.82, 2.24) is 0 Å². The van der Waals surface area contributed by atoms with E-state index in [4.69, 9.17) is 5.26 Å². The summed E-state index contributed by atoms with van der Waals surface area (Å²) in [5.74, 6) is -9.24. The summed E-state index contributed by atoms with van der Waals surface area (Å²) in [6.07, 6.45) is -6.05. The van der Waals surface area contributed by atoms with Crippen LogP contribution in [0, 0.1) is 17.1 Å². The molecule has 2 nitrogen and oxygen atoms in total. The van der Waals surface area contributed by atoms with Gasteiger partial charge in [-0.25, -0.2) is 4.39 Å². The first-order valence-electron chi connectivity index (χ1n) is 4.30. The summed E-state index contributed by atoms with van der Waals surface area (Å²) >= 11 is 0. The predicted octanol–water partition coefficient (Wildman–Crippen LogP) is 3.08. The van der Waals surface area contributed by atoms with Gasteiger partial charge in [-0.1, -0.05) is 0 Å². The second-order valence-corrected chi connectivity index (χ2v) is 3.21. The third-order valence-electron chi connectivity index (χ3n) is 1.99. The van der Waals surface area contributed by atoms with Gasteiger partial charge in [0.25, 0.3) is 0 Å². The molecule has 0 radical (unpaired) electrons. The zero-order valence-electron chi connectivity index (χ0n) is 8.36. The molecule has 0 bridgehead atoms. The maximum Gasteiger partial charge on any atom is 0.461 e. The first kappa shape index (κ1) is 14.0. The molecule has 0 spiro atoms. The first-order valence-corrected chi connectivity index (χ1v) is 4.30. The van der Waals surface area contributed by atoms with Crippen molar-refractivity contribution in [2.24, 2.45) is 0 Å². The zero-order chi connectivity index (χ0) is 14.1. The maximum absolute atomic E-state index is 12.8. The van der Waals surface area contributed by atoms with E-state index in [-0.39, 0.29) is 0 Å². The Labute approximate surface area is 96.4 Å². The molecule has 96 valence electrons. The molecular weight excluding hydrogens is 264 g/mol. The molecule has 0 atom stereocenters. The summed E-state index contributed by atoms with van der Waals surface area (Å²) in [5, 5.41) is 8.38. The number of carbonyl (C=O) groups excluding carboxylic acids is 1. The molecule has 0 aliphatic heterocycles. The van der Waals surface area contributed by atoms with Gasteiger partial charge in [0.15, 0.2) is 0 Å². The quantitative estimate of drug-likeness (QED) is 0.610. The van der Waals surface area contributed by atoms with E-state index in [0.717, 1.165) is 0 Å². The van der Waals surface area contributed by atoms with Gasteiger partial charge in [-0.05, 0) is 18.2 Å². The van der Waals surface area contributed by atoms with E-state index in [1.807, 2.05) is 0 Å². The number of rotatable bonds is 2. The van der Waals surface area contributed by atoms with Crippen LogP contribution < -0.4 is 0 Å². The summed E-state index contributed by atoms with van der Waals surface area (Å²) in [6, 6.07) is 2.50. The molecule has 0 aromatic heterocycles. The number of nitrogens with zero attached hydrogens (tertiary/aromatic N) is 1. The van der Waals surface area contributed by atoms with Gasteiger partial charge in [0, 0.05) is 5.56 Å². The first-order chi connectivity index (χ1) is 8.11. The Kier molecular flexibility index (Phi) is 3.37. The highest BCUT2D eigenvalue weighted by Gasteiger charge is 2.63. The second kappa shape index (κ2) is 4.33. The number of carbonyl (C=O) groups is 1. The van der Waals surface area contributed by atoms with E-state index in [9.17, 15) is 31.1 Å². The molecule has 0 saturated carbocycles. The topological polar surface area (TPSA) is 40.9 Å². The lowest BCUT2D eigenvalue weighted by Crippen LogP contribution is -2.44. The minimum absolute atomic E-state index is 0.345. The van der Waals surface area contributed by atoms with Crippen LogP contribution in [0.25, 0.3) is 0 Å². The maximum atomic E-state index is 12.8. The molecule has 0 amide bonds. The average Bonchev–Trinajstić information content (AvgIpc) is 2.27. The van der Waals surface area contributed by atoms with Crippen molar-refractivity contribution in [2.75, 3.05) is 0 Å². The number of hydrogen-bond donors (Lipinski definition) is 0. The molecule has 1 rings (SSSR count). The Bertz CT molecular complexity index is 528. The molecule has 1 aromatic rings. The van der Waals surface area contributed by atoms with Crippen molar-refractivity contribution in [3.8, 4) is 6.07 Å². The van der Waals surface area contributed by atoms with Crippen LogP contribution in [-0.2, 0) is 0 Å². The fourth-order valence-electron chi connectivity index (χ4n) is 1.06. The molecule has 0 unspecified atom stereocenters. The molecule has 8 heteroatoms. The van der Waals surface area contributed by atoms with Crippen LogP contribution in [0.1, 0.15) is 15.9 Å². The van der Waals surface area contributed by atoms with E-state index in [2.05, 4.69) is 0 Å². The largest absolute Gasteiger partial charge is 0.461 e. The van der Waals surface area contributed by atoms with Crippen molar-refractivity contribution >= 4 is 5.78 Å². The second-order valence-electron chi connectivity index (χ2n) is 3.21. The molecule has 0 fully saturated rings. The lowest BCUT2D eigenvalue weighted by molar-refractivity contribution is -0.255. The highest BCUT2D eigenvalue weighted by molar-refractivity contribution is 6.02. The van der Waals surface area contributed by atoms with Crippen LogP contribution in [0.4, 0.5) is 26.3 Å². The van der Waals surface area contributed by atoms with Gasteiger partial charge in [0.1, 0.15) is 11.9 Å². The summed E-state index contributed by atoms with van der Waals surface area (Å²) in [5.41, 5.74) is -1.88. The van der Waals surface area contributed by atoms with E-state index >= 15 is 0 Å². The molecule has 0 heterocycles. The molecule has 0 aliphatic rings. The Morgan fingerprint density at radius 2 is 1.72 bits per heavy atom. The fraction of sp³-hybridized carbons (Fsp3) is 0.200. The van der Waals surface area contributed by atoms with Crippen molar-refractivity contribution in [2.45, 2.75) is 12.1 Å². The van der Waals surface area contributed by atoms with E-state index in [1.54, 1.807) is 0 Å². The van der Waals surface area contributed by atoms with Gasteiger partial charge >= 0.3 is 12.1 Å². The van der Waals surface area contributed by atoms with Gasteiger partial charge in [-0.15, -0.1) is 0 Å². The van der Waals surface area contributed by atoms with Crippen molar-refractivity contribution < 1.29 is 31.1 Å². The normalized spacial score (nSPS) is 12.1. The zero-order valence-corrected chi connectivity index (χ0v) is 8.36. The lowest BCUT2D eigenvalue weighted by atomic mass is 10.0. The SMILES string of the molecule is N#Cc1cc(C(=O)C(F)(F)C(F)(F)F)ccc1F. The number of nitriles is 1. The summed E-state index contributed by atoms with van der Waals surface area (Å²) in [6.45, 7) is 0. The van der Waals surface area contributed by atoms with E-state index in [1.165, 1.54) is 6.07 Å². The minimum Gasteiger partial charge on any atom is -0.287 e. The Balaban J connectivity index is 3.25. The fourth-order valence-corrected chi connectivity index (χ4v) is 1.06. The molecule has 0 saturated heterocycles. The third kappa shape index (κ3) is 2.30. The number of alkyl halides is 5. The lowest BCUT2D eigenvalue weighted by Gasteiger charge is -2.18. The molecule has 0 aliphatic carbocycles. The predicted molar refractivity (Wildman–Crippen MR) is 46.4 cm³/mol. The Hall–Kier alpha value is -2.04. The van der Waals surface area contributed by atoms with Crippen LogP contribution in [0.3, 0.4) is 0 Å². The van der Waals surface area contributed by atoms with Crippen LogP contribution >= 0.6 is 0 Å². The van der Waals surface area contributed by atoms with E-state index in [0.29, 0.717) is 18.2 Å². The van der Waals surface area contributed by atoms with Crippen molar-refractivity contribution in [1.29, 1.82) is 5.26 Å². The highest BCUT2D eigenvalue weighted by atomic mass is 19.4. The molecule has 1 aromatic carbocycles. The van der Waals surface area contributed by atoms with Gasteiger partial charge in [-0.3, -0.25) is 4.79 Å². The van der Waals surface area contributed by atoms with Crippen LogP contribution in [0.2, 0.25) is 0 Å². The van der Waals surface area contributed by atoms with Gasteiger partial charge in [0.05, 0.1) is 5.56 Å². The third-order valence-corrected chi connectivity index (χ3v) is 1.99. The van der Waals surface area contributed by atoms with Gasteiger partial charge < -0.3 is 0 Å². The summed E-state index contributed by atoms with van der Waals surface area (Å²) in [7, 11) is 0. The van der Waals surface area contributed by atoms with E-state index < -0.39 is 34.8 Å². The standard InChI is InChI=1S/C10H3F6NO/c11-7-2-1-5(3-6(7)4-17)8(18)9(12,13)10(14,15)16/h1-3H. The molecule has 0 N–H and O–H groups in total. The average molecular weight is 267 g/mol. The number of ketones is 1. The molecular formula is C10H3F6NO. The van der Waals surface area contributed by atoms with Gasteiger partial charge in [0.2, 0.25) is 5.78 Å². The number of benzene rings is 1. The Morgan fingerprint density at radius 1 is 1.17 bits per heavy atom. The monoisotopic (exact) mass is 267 g/mol.